The molecule has 156 valence electrons. The van der Waals surface area contributed by atoms with Gasteiger partial charge in [-0.3, -0.25) is 4.79 Å². The third kappa shape index (κ3) is 4.94. The first-order valence-electron chi connectivity index (χ1n) is 9.09. The van der Waals surface area contributed by atoms with Crippen LogP contribution in [0.25, 0.3) is 11.1 Å². The fourth-order valence-electron chi connectivity index (χ4n) is 2.92. The Balaban J connectivity index is 1.89. The molecular weight excluding hydrogens is 415 g/mol. The van der Waals surface area contributed by atoms with Crippen molar-refractivity contribution in [3.05, 3.63) is 82.9 Å². The molecule has 30 heavy (non-hydrogen) atoms. The van der Waals surface area contributed by atoms with Gasteiger partial charge in [0.1, 0.15) is 12.4 Å². The normalized spacial score (nSPS) is 11.3. The predicted octanol–water partition coefficient (Wildman–Crippen LogP) is 6.59. The van der Waals surface area contributed by atoms with Crippen molar-refractivity contribution < 1.29 is 22.7 Å². The molecular formula is C23H19ClF3NO2. The molecule has 0 aliphatic heterocycles. The summed E-state index contributed by atoms with van der Waals surface area (Å²) in [6.45, 7) is 1.52. The van der Waals surface area contributed by atoms with Crippen LogP contribution in [0.5, 0.6) is 5.75 Å². The van der Waals surface area contributed by atoms with Crippen LogP contribution in [-0.4, -0.2) is 13.0 Å². The van der Waals surface area contributed by atoms with Crippen LogP contribution >= 0.6 is 11.6 Å². The number of rotatable bonds is 5. The zero-order valence-corrected chi connectivity index (χ0v) is 17.1. The molecule has 0 radical (unpaired) electrons. The van der Waals surface area contributed by atoms with Gasteiger partial charge in [0.25, 0.3) is 0 Å². The Morgan fingerprint density at radius 2 is 1.67 bits per heavy atom. The number of benzene rings is 3. The minimum Gasteiger partial charge on any atom is -0.489 e. The summed E-state index contributed by atoms with van der Waals surface area (Å²) in [6.07, 6.45) is -4.46. The van der Waals surface area contributed by atoms with Crippen molar-refractivity contribution in [2.45, 2.75) is 19.7 Å². The molecule has 0 saturated carbocycles. The summed E-state index contributed by atoms with van der Waals surface area (Å²) < 4.78 is 45.5. The summed E-state index contributed by atoms with van der Waals surface area (Å²) >= 11 is 6.23. The smallest absolute Gasteiger partial charge is 0.416 e. The molecule has 3 aromatic carbocycles. The highest BCUT2D eigenvalue weighted by molar-refractivity contribution is 6.33. The molecule has 0 aliphatic carbocycles. The molecule has 0 bridgehead atoms. The second kappa shape index (κ2) is 8.79. The van der Waals surface area contributed by atoms with Gasteiger partial charge in [-0.2, -0.15) is 13.2 Å². The van der Waals surface area contributed by atoms with E-state index in [1.807, 2.05) is 0 Å². The molecule has 0 spiro atoms. The number of carbonyl (C=O) groups is 1. The minimum atomic E-state index is -4.46. The van der Waals surface area contributed by atoms with Crippen LogP contribution in [0.15, 0.2) is 66.7 Å². The lowest BCUT2D eigenvalue weighted by atomic mass is 9.97. The Hall–Kier alpha value is -2.99. The van der Waals surface area contributed by atoms with Gasteiger partial charge in [0.05, 0.1) is 5.56 Å². The Bertz CT molecular complexity index is 1050. The van der Waals surface area contributed by atoms with Crippen LogP contribution in [0.3, 0.4) is 0 Å². The molecule has 3 aromatic rings. The summed E-state index contributed by atoms with van der Waals surface area (Å²) in [6, 6.07) is 17.1. The molecule has 0 atom stereocenters. The number of alkyl halides is 3. The Labute approximate surface area is 177 Å². The molecule has 0 aromatic heterocycles. The molecule has 0 N–H and O–H groups in total. The van der Waals surface area contributed by atoms with Crippen LogP contribution in [0, 0.1) is 0 Å². The maximum atomic E-state index is 13.2. The van der Waals surface area contributed by atoms with E-state index in [0.717, 1.165) is 12.1 Å². The molecule has 3 rings (SSSR count). The number of nitrogens with zero attached hydrogens (tertiary/aromatic N) is 1. The first kappa shape index (κ1) is 21.7. The van der Waals surface area contributed by atoms with Crippen LogP contribution in [0.2, 0.25) is 5.02 Å². The van der Waals surface area contributed by atoms with Crippen molar-refractivity contribution in [2.24, 2.45) is 0 Å². The number of amides is 1. The van der Waals surface area contributed by atoms with Gasteiger partial charge in [-0.25, -0.2) is 0 Å². The fourth-order valence-corrected chi connectivity index (χ4v) is 3.16. The Morgan fingerprint density at radius 1 is 1.00 bits per heavy atom. The molecule has 0 unspecified atom stereocenters. The number of carbonyl (C=O) groups excluding carboxylic acids is 1. The van der Waals surface area contributed by atoms with E-state index in [4.69, 9.17) is 16.3 Å². The maximum absolute atomic E-state index is 13.2. The van der Waals surface area contributed by atoms with Gasteiger partial charge in [-0.05, 0) is 53.6 Å². The van der Waals surface area contributed by atoms with Gasteiger partial charge in [-0.15, -0.1) is 0 Å². The van der Waals surface area contributed by atoms with Crippen LogP contribution in [0.1, 0.15) is 18.1 Å². The van der Waals surface area contributed by atoms with Gasteiger partial charge < -0.3 is 9.64 Å². The monoisotopic (exact) mass is 433 g/mol. The summed E-state index contributed by atoms with van der Waals surface area (Å²) in [5, 5.41) is 0.356. The average Bonchev–Trinajstić information content (AvgIpc) is 2.71. The molecule has 0 aliphatic rings. The maximum Gasteiger partial charge on any atom is 0.416 e. The fraction of sp³-hybridized carbons (Fsp3) is 0.174. The zero-order chi connectivity index (χ0) is 21.9. The SMILES string of the molecule is CC(=O)N(C)c1ccc(OCc2ccc(C(F)(F)F)cc2-c2ccccc2Cl)cc1. The van der Waals surface area contributed by atoms with E-state index in [9.17, 15) is 18.0 Å². The van der Waals surface area contributed by atoms with Crippen molar-refractivity contribution >= 4 is 23.2 Å². The molecule has 3 nitrogen and oxygen atoms in total. The van der Waals surface area contributed by atoms with Crippen LogP contribution in [0.4, 0.5) is 18.9 Å². The minimum absolute atomic E-state index is 0.0561. The Kier molecular flexibility index (Phi) is 6.37. The number of hydrogen-bond acceptors (Lipinski definition) is 2. The second-order valence-corrected chi connectivity index (χ2v) is 7.12. The van der Waals surface area contributed by atoms with Crippen molar-refractivity contribution in [2.75, 3.05) is 11.9 Å². The first-order valence-corrected chi connectivity index (χ1v) is 9.47. The molecule has 0 fully saturated rings. The predicted molar refractivity (Wildman–Crippen MR) is 112 cm³/mol. The van der Waals surface area contributed by atoms with Crippen LogP contribution in [-0.2, 0) is 17.6 Å². The highest BCUT2D eigenvalue weighted by atomic mass is 35.5. The lowest BCUT2D eigenvalue weighted by Gasteiger charge is -2.17. The highest BCUT2D eigenvalue weighted by Gasteiger charge is 2.31. The Morgan fingerprint density at radius 3 is 2.27 bits per heavy atom. The van der Waals surface area contributed by atoms with Crippen molar-refractivity contribution in [1.29, 1.82) is 0 Å². The standard InChI is InChI=1S/C23H19ClF3NO2/c1-15(29)28(2)18-9-11-19(12-10-18)30-14-16-7-8-17(23(25,26)27)13-21(16)20-5-3-4-6-22(20)24/h3-13H,14H2,1-2H3. The molecule has 1 amide bonds. The van der Waals surface area contributed by atoms with E-state index in [0.29, 0.717) is 33.1 Å². The van der Waals surface area contributed by atoms with Crippen molar-refractivity contribution in [1.82, 2.24) is 0 Å². The number of ether oxygens (including phenoxy) is 1. The van der Waals surface area contributed by atoms with Crippen molar-refractivity contribution in [3.63, 3.8) is 0 Å². The number of anilines is 1. The highest BCUT2D eigenvalue weighted by Crippen LogP contribution is 2.37. The summed E-state index contributed by atoms with van der Waals surface area (Å²) in [4.78, 5) is 12.9. The van der Waals surface area contributed by atoms with E-state index in [1.165, 1.54) is 17.9 Å². The third-order valence-electron chi connectivity index (χ3n) is 4.69. The van der Waals surface area contributed by atoms with E-state index < -0.39 is 11.7 Å². The third-order valence-corrected chi connectivity index (χ3v) is 5.02. The number of hydrogen-bond donors (Lipinski definition) is 0. The average molecular weight is 434 g/mol. The lowest BCUT2D eigenvalue weighted by Crippen LogP contribution is -2.22. The first-order chi connectivity index (χ1) is 14.2. The quantitative estimate of drug-likeness (QED) is 0.454. The van der Waals surface area contributed by atoms with Gasteiger partial charge >= 0.3 is 6.18 Å². The van der Waals surface area contributed by atoms with E-state index >= 15 is 0 Å². The molecule has 0 saturated heterocycles. The van der Waals surface area contributed by atoms with E-state index in [2.05, 4.69) is 0 Å². The number of halogens is 4. The summed E-state index contributed by atoms with van der Waals surface area (Å²) in [5.74, 6) is 0.429. The largest absolute Gasteiger partial charge is 0.489 e. The van der Waals surface area contributed by atoms with Crippen molar-refractivity contribution in [3.8, 4) is 16.9 Å². The van der Waals surface area contributed by atoms with Gasteiger partial charge in [0, 0.05) is 30.2 Å². The zero-order valence-electron chi connectivity index (χ0n) is 16.3. The van der Waals surface area contributed by atoms with E-state index in [-0.39, 0.29) is 12.5 Å². The summed E-state index contributed by atoms with van der Waals surface area (Å²) in [5.41, 5.74) is 1.39. The second-order valence-electron chi connectivity index (χ2n) is 6.71. The molecule has 7 heteroatoms. The van der Waals surface area contributed by atoms with Crippen LogP contribution < -0.4 is 9.64 Å². The van der Waals surface area contributed by atoms with Gasteiger partial charge in [-0.1, -0.05) is 35.9 Å². The summed E-state index contributed by atoms with van der Waals surface area (Å²) in [7, 11) is 1.66. The van der Waals surface area contributed by atoms with Gasteiger partial charge in [0.2, 0.25) is 5.91 Å². The topological polar surface area (TPSA) is 29.5 Å². The molecule has 0 heterocycles. The van der Waals surface area contributed by atoms with Gasteiger partial charge in [0.15, 0.2) is 0 Å². The van der Waals surface area contributed by atoms with E-state index in [1.54, 1.807) is 55.6 Å². The lowest BCUT2D eigenvalue weighted by molar-refractivity contribution is -0.137.